The van der Waals surface area contributed by atoms with E-state index in [1.165, 1.54) is 0 Å². The predicted octanol–water partition coefficient (Wildman–Crippen LogP) is 4.57. The molecule has 3 aromatic heterocycles. The molecule has 2 fully saturated rings. The Morgan fingerprint density at radius 1 is 1.02 bits per heavy atom. The zero-order valence-electron chi connectivity index (χ0n) is 22.6. The number of anilines is 1. The maximum Gasteiger partial charge on any atom is 0.224 e. The van der Waals surface area contributed by atoms with E-state index in [2.05, 4.69) is 21.5 Å². The Balaban J connectivity index is 1.30. The molecule has 40 heavy (non-hydrogen) atoms. The number of hydrogen-bond acceptors (Lipinski definition) is 8. The summed E-state index contributed by atoms with van der Waals surface area (Å²) >= 11 is 0. The second-order valence-corrected chi connectivity index (χ2v) is 10.7. The summed E-state index contributed by atoms with van der Waals surface area (Å²) in [6.07, 6.45) is 14.3. The van der Waals surface area contributed by atoms with Gasteiger partial charge in [0.05, 0.1) is 47.7 Å². The third kappa shape index (κ3) is 5.46. The molecule has 2 aliphatic rings. The lowest BCUT2D eigenvalue weighted by Gasteiger charge is -2.21. The van der Waals surface area contributed by atoms with Crippen LogP contribution in [0.5, 0.6) is 0 Å². The van der Waals surface area contributed by atoms with Crippen LogP contribution in [0.2, 0.25) is 0 Å². The number of terminal acetylenes is 1. The van der Waals surface area contributed by atoms with Crippen LogP contribution in [0.3, 0.4) is 0 Å². The van der Waals surface area contributed by atoms with Crippen LogP contribution in [-0.2, 0) is 16.9 Å². The Hall–Kier alpha value is -4.13. The van der Waals surface area contributed by atoms with Crippen LogP contribution in [0.15, 0.2) is 54.7 Å². The maximum atomic E-state index is 11.0. The summed E-state index contributed by atoms with van der Waals surface area (Å²) in [5.41, 5.74) is 4.42. The van der Waals surface area contributed by atoms with Crippen molar-refractivity contribution in [1.82, 2.24) is 29.9 Å². The van der Waals surface area contributed by atoms with Gasteiger partial charge in [0.2, 0.25) is 5.95 Å². The highest BCUT2D eigenvalue weighted by molar-refractivity contribution is 5.68. The quantitative estimate of drug-likeness (QED) is 0.316. The number of nitrogens with one attached hydrogen (secondary N) is 1. The molecule has 3 heterocycles. The Morgan fingerprint density at radius 2 is 1.85 bits per heavy atom. The highest BCUT2D eigenvalue weighted by atomic mass is 16.5. The van der Waals surface area contributed by atoms with Gasteiger partial charge in [-0.25, -0.2) is 14.6 Å². The van der Waals surface area contributed by atoms with Crippen LogP contribution in [0.4, 0.5) is 5.95 Å². The van der Waals surface area contributed by atoms with Crippen LogP contribution >= 0.6 is 0 Å². The third-order valence-corrected chi connectivity index (χ3v) is 7.96. The number of hydrogen-bond donors (Lipinski definition) is 2. The van der Waals surface area contributed by atoms with Gasteiger partial charge in [-0.15, -0.1) is 11.5 Å². The second-order valence-electron chi connectivity index (χ2n) is 10.7. The largest absolute Gasteiger partial charge is 0.384 e. The van der Waals surface area contributed by atoms with Gasteiger partial charge in [-0.1, -0.05) is 42.2 Å². The molecule has 0 amide bonds. The van der Waals surface area contributed by atoms with Gasteiger partial charge in [-0.05, 0) is 62.4 Å². The fourth-order valence-corrected chi connectivity index (χ4v) is 5.80. The van der Waals surface area contributed by atoms with E-state index in [4.69, 9.17) is 26.1 Å². The van der Waals surface area contributed by atoms with Crippen LogP contribution in [0.1, 0.15) is 61.9 Å². The molecule has 0 unspecified atom stereocenters. The van der Waals surface area contributed by atoms with Crippen LogP contribution in [-0.4, -0.2) is 54.3 Å². The van der Waals surface area contributed by atoms with Crippen molar-refractivity contribution >= 4 is 5.95 Å². The molecular weight excluding hydrogens is 502 g/mol. The molecule has 0 aliphatic heterocycles. The van der Waals surface area contributed by atoms with Gasteiger partial charge < -0.3 is 15.2 Å². The van der Waals surface area contributed by atoms with Crippen molar-refractivity contribution < 1.29 is 9.84 Å². The average molecular weight is 536 g/mol. The molecule has 0 spiro atoms. The molecule has 0 bridgehead atoms. The summed E-state index contributed by atoms with van der Waals surface area (Å²) in [5, 5.41) is 23.3. The fourth-order valence-electron chi connectivity index (χ4n) is 5.80. The van der Waals surface area contributed by atoms with Crippen molar-refractivity contribution in [2.45, 2.75) is 69.2 Å². The standard InChI is InChI=1S/C31H33N7O2/c1-3-21-9-6-10-22(17-21)25-18-26(35-30(34-25)33-24-12-8-13-28(24)40-2)27-20-38(37-36-27)19-23-11-7-14-29(32-23)31(39)15-4-5-16-31/h1,6-7,9-11,14,17-18,20,24,28,39H,4-5,8,12-13,15-16,19H2,2H3,(H,33,34,35)/t24-,28-/m1/s1. The van der Waals surface area contributed by atoms with Gasteiger partial charge in [0.1, 0.15) is 11.3 Å². The van der Waals surface area contributed by atoms with Gasteiger partial charge >= 0.3 is 0 Å². The minimum absolute atomic E-state index is 0.118. The van der Waals surface area contributed by atoms with Crippen LogP contribution in [0, 0.1) is 12.3 Å². The number of aromatic nitrogens is 6. The minimum Gasteiger partial charge on any atom is -0.384 e. The molecule has 2 N–H and O–H groups in total. The molecule has 2 saturated carbocycles. The van der Waals surface area contributed by atoms with Gasteiger partial charge in [0.25, 0.3) is 0 Å². The number of benzene rings is 1. The number of methoxy groups -OCH3 is 1. The second kappa shape index (κ2) is 11.2. The summed E-state index contributed by atoms with van der Waals surface area (Å²) in [6, 6.07) is 15.6. The van der Waals surface area contributed by atoms with E-state index < -0.39 is 5.60 Å². The summed E-state index contributed by atoms with van der Waals surface area (Å²) in [5.74, 6) is 3.21. The predicted molar refractivity (Wildman–Crippen MR) is 152 cm³/mol. The van der Waals surface area contributed by atoms with E-state index in [0.29, 0.717) is 23.9 Å². The molecule has 0 saturated heterocycles. The highest BCUT2D eigenvalue weighted by Crippen LogP contribution is 2.37. The Kier molecular flexibility index (Phi) is 7.29. The van der Waals surface area contributed by atoms with Gasteiger partial charge in [-0.3, -0.25) is 4.98 Å². The molecule has 2 atom stereocenters. The van der Waals surface area contributed by atoms with Crippen molar-refractivity contribution in [1.29, 1.82) is 0 Å². The molecule has 0 radical (unpaired) electrons. The lowest BCUT2D eigenvalue weighted by Crippen LogP contribution is -2.30. The van der Waals surface area contributed by atoms with Crippen molar-refractivity contribution in [2.24, 2.45) is 0 Å². The SMILES string of the molecule is C#Cc1cccc(-c2cc(-c3cn(Cc4cccc(C5(O)CCCC5)n4)nn3)nc(N[C@@H]3CCC[C@H]3OC)n2)c1. The number of ether oxygens (including phenoxy) is 1. The molecule has 4 aromatic rings. The summed E-state index contributed by atoms with van der Waals surface area (Å²) in [7, 11) is 1.75. The number of nitrogens with zero attached hydrogens (tertiary/aromatic N) is 6. The van der Waals surface area contributed by atoms with Crippen LogP contribution < -0.4 is 5.32 Å². The smallest absolute Gasteiger partial charge is 0.224 e. The molecule has 204 valence electrons. The first-order chi connectivity index (χ1) is 19.5. The number of rotatable bonds is 8. The lowest BCUT2D eigenvalue weighted by molar-refractivity contribution is 0.0397. The van der Waals surface area contributed by atoms with Gasteiger partial charge in [0, 0.05) is 18.2 Å². The van der Waals surface area contributed by atoms with Crippen molar-refractivity contribution in [3.8, 4) is 35.0 Å². The van der Waals surface area contributed by atoms with Crippen LogP contribution in [0.25, 0.3) is 22.6 Å². The number of pyridine rings is 1. The van der Waals surface area contributed by atoms with Crippen molar-refractivity contribution in [3.63, 3.8) is 0 Å². The van der Waals surface area contributed by atoms with E-state index in [1.54, 1.807) is 11.8 Å². The minimum atomic E-state index is -0.831. The van der Waals surface area contributed by atoms with Crippen molar-refractivity contribution in [3.05, 3.63) is 71.7 Å². The van der Waals surface area contributed by atoms with Gasteiger partial charge in [0.15, 0.2) is 0 Å². The third-order valence-electron chi connectivity index (χ3n) is 7.96. The Labute approximate surface area is 234 Å². The zero-order chi connectivity index (χ0) is 27.5. The fraction of sp³-hybridized carbons (Fsp3) is 0.387. The van der Waals surface area contributed by atoms with Gasteiger partial charge in [-0.2, -0.15) is 0 Å². The lowest BCUT2D eigenvalue weighted by atomic mass is 9.97. The Morgan fingerprint density at radius 3 is 2.67 bits per heavy atom. The van der Waals surface area contributed by atoms with E-state index in [1.807, 2.05) is 54.7 Å². The monoisotopic (exact) mass is 535 g/mol. The molecular formula is C31H33N7O2. The topological polar surface area (TPSA) is 111 Å². The number of aliphatic hydroxyl groups is 1. The first kappa shape index (κ1) is 26.1. The maximum absolute atomic E-state index is 11.0. The molecule has 6 rings (SSSR count). The molecule has 1 aromatic carbocycles. The highest BCUT2D eigenvalue weighted by Gasteiger charge is 2.34. The van der Waals surface area contributed by atoms with E-state index >= 15 is 0 Å². The average Bonchev–Trinajstić information content (AvgIpc) is 3.75. The molecule has 2 aliphatic carbocycles. The first-order valence-corrected chi connectivity index (χ1v) is 13.9. The summed E-state index contributed by atoms with van der Waals surface area (Å²) < 4.78 is 7.42. The summed E-state index contributed by atoms with van der Waals surface area (Å²) in [4.78, 5) is 14.4. The first-order valence-electron chi connectivity index (χ1n) is 13.9. The zero-order valence-corrected chi connectivity index (χ0v) is 22.6. The molecule has 9 heteroatoms. The normalized spacial score (nSPS) is 19.9. The van der Waals surface area contributed by atoms with E-state index in [-0.39, 0.29) is 12.1 Å². The van der Waals surface area contributed by atoms with E-state index in [0.717, 1.165) is 73.2 Å². The Bertz CT molecular complexity index is 1540. The summed E-state index contributed by atoms with van der Waals surface area (Å²) in [6.45, 7) is 0.432. The molecule has 9 nitrogen and oxygen atoms in total. The van der Waals surface area contributed by atoms with Crippen molar-refractivity contribution in [2.75, 3.05) is 12.4 Å². The van der Waals surface area contributed by atoms with E-state index in [9.17, 15) is 5.11 Å².